The molecule has 0 aliphatic rings. The van der Waals surface area contributed by atoms with Gasteiger partial charge in [-0.2, -0.15) is 5.10 Å². The first-order chi connectivity index (χ1) is 9.60. The van der Waals surface area contributed by atoms with Gasteiger partial charge in [0.25, 0.3) is 0 Å². The van der Waals surface area contributed by atoms with Gasteiger partial charge in [-0.05, 0) is 45.4 Å². The molecule has 3 rings (SSSR count). The summed E-state index contributed by atoms with van der Waals surface area (Å²) in [6.07, 6.45) is 0. The summed E-state index contributed by atoms with van der Waals surface area (Å²) < 4.78 is 8.74. The highest BCUT2D eigenvalue weighted by Gasteiger charge is 2.14. The fraction of sp³-hybridized carbons (Fsp3) is 0.333. The van der Waals surface area contributed by atoms with E-state index in [4.69, 9.17) is 9.72 Å². The molecule has 2 aromatic heterocycles. The summed E-state index contributed by atoms with van der Waals surface area (Å²) in [5.74, 6) is 0.845. The molecule has 5 heteroatoms. The van der Waals surface area contributed by atoms with Crippen LogP contribution < -0.4 is 4.74 Å². The Hall–Kier alpha value is -1.88. The predicted molar refractivity (Wildman–Crippen MR) is 82.1 cm³/mol. The second-order valence-corrected chi connectivity index (χ2v) is 5.80. The first-order valence-electron chi connectivity index (χ1n) is 6.66. The van der Waals surface area contributed by atoms with Gasteiger partial charge in [0.1, 0.15) is 11.3 Å². The summed E-state index contributed by atoms with van der Waals surface area (Å²) in [6.45, 7) is 8.77. The molecule has 0 bridgehead atoms. The van der Waals surface area contributed by atoms with Crippen molar-refractivity contribution in [2.24, 2.45) is 0 Å². The third-order valence-corrected chi connectivity index (χ3v) is 4.35. The number of benzene rings is 1. The van der Waals surface area contributed by atoms with Crippen molar-refractivity contribution in [3.05, 3.63) is 35.2 Å². The molecule has 0 saturated heterocycles. The maximum absolute atomic E-state index is 5.67. The number of aromatic nitrogens is 3. The number of hydrogen-bond donors (Lipinski definition) is 0. The summed E-state index contributed by atoms with van der Waals surface area (Å²) in [5, 5.41) is 5.39. The van der Waals surface area contributed by atoms with Crippen LogP contribution in [0.1, 0.15) is 23.9 Å². The van der Waals surface area contributed by atoms with E-state index in [9.17, 15) is 0 Å². The summed E-state index contributed by atoms with van der Waals surface area (Å²) in [4.78, 5) is 4.73. The van der Waals surface area contributed by atoms with Gasteiger partial charge < -0.3 is 4.74 Å². The molecule has 20 heavy (non-hydrogen) atoms. The van der Waals surface area contributed by atoms with Crippen molar-refractivity contribution >= 4 is 21.6 Å². The maximum Gasteiger partial charge on any atom is 0.211 e. The zero-order chi connectivity index (χ0) is 14.3. The van der Waals surface area contributed by atoms with E-state index in [0.717, 1.165) is 27.8 Å². The summed E-state index contributed by atoms with van der Waals surface area (Å²) in [5.41, 5.74) is 4.24. The largest absolute Gasteiger partial charge is 0.492 e. The Labute approximate surface area is 122 Å². The molecule has 4 nitrogen and oxygen atoms in total. The maximum atomic E-state index is 5.67. The molecule has 0 N–H and O–H groups in total. The summed E-state index contributed by atoms with van der Waals surface area (Å²) in [7, 11) is 0. The van der Waals surface area contributed by atoms with Crippen molar-refractivity contribution in [2.45, 2.75) is 27.7 Å². The second kappa shape index (κ2) is 4.90. The Morgan fingerprint density at radius 3 is 2.70 bits per heavy atom. The average Bonchev–Trinajstić information content (AvgIpc) is 2.97. The van der Waals surface area contributed by atoms with Gasteiger partial charge >= 0.3 is 0 Å². The van der Waals surface area contributed by atoms with Gasteiger partial charge in [0, 0.05) is 5.69 Å². The Bertz CT molecular complexity index is 773. The van der Waals surface area contributed by atoms with E-state index in [0.29, 0.717) is 6.61 Å². The lowest BCUT2D eigenvalue weighted by Gasteiger charge is -2.04. The Kier molecular flexibility index (Phi) is 3.22. The molecule has 2 heterocycles. The van der Waals surface area contributed by atoms with E-state index in [1.807, 2.05) is 31.5 Å². The normalized spacial score (nSPS) is 11.2. The average molecular weight is 287 g/mol. The van der Waals surface area contributed by atoms with Gasteiger partial charge in [0.2, 0.25) is 5.13 Å². The Morgan fingerprint density at radius 1 is 1.25 bits per heavy atom. The van der Waals surface area contributed by atoms with Crippen molar-refractivity contribution in [2.75, 3.05) is 6.61 Å². The SMILES string of the molecule is CCOc1ccc(C)c2sc(-n3nc(C)cc3C)nc12. The molecule has 0 saturated carbocycles. The molecule has 0 atom stereocenters. The zero-order valence-corrected chi connectivity index (χ0v) is 12.9. The van der Waals surface area contributed by atoms with Gasteiger partial charge in [-0.25, -0.2) is 9.67 Å². The molecule has 0 spiro atoms. The van der Waals surface area contributed by atoms with E-state index in [1.165, 1.54) is 10.3 Å². The van der Waals surface area contributed by atoms with Crippen LogP contribution in [0.4, 0.5) is 0 Å². The molecular formula is C15H17N3OS. The standard InChI is InChI=1S/C15H17N3OS/c1-5-19-12-7-6-9(2)14-13(12)16-15(20-14)18-11(4)8-10(3)17-18/h6-8H,5H2,1-4H3. The zero-order valence-electron chi connectivity index (χ0n) is 12.1. The molecule has 0 aliphatic heterocycles. The Balaban J connectivity index is 2.21. The number of thiazole rings is 1. The first kappa shape index (κ1) is 13.1. The van der Waals surface area contributed by atoms with Crippen LogP contribution in [-0.4, -0.2) is 21.4 Å². The van der Waals surface area contributed by atoms with Crippen LogP contribution in [0.15, 0.2) is 18.2 Å². The lowest BCUT2D eigenvalue weighted by molar-refractivity contribution is 0.343. The summed E-state index contributed by atoms with van der Waals surface area (Å²) >= 11 is 1.65. The van der Waals surface area contributed by atoms with Crippen molar-refractivity contribution in [3.8, 4) is 10.9 Å². The van der Waals surface area contributed by atoms with Gasteiger partial charge in [-0.1, -0.05) is 17.4 Å². The van der Waals surface area contributed by atoms with Crippen LogP contribution in [0.3, 0.4) is 0 Å². The quantitative estimate of drug-likeness (QED) is 0.735. The van der Waals surface area contributed by atoms with Crippen molar-refractivity contribution in [1.82, 2.24) is 14.8 Å². The number of hydrogen-bond acceptors (Lipinski definition) is 4. The van der Waals surface area contributed by atoms with Crippen LogP contribution in [-0.2, 0) is 0 Å². The van der Waals surface area contributed by atoms with Gasteiger partial charge in [0.15, 0.2) is 0 Å². The minimum absolute atomic E-state index is 0.644. The lowest BCUT2D eigenvalue weighted by atomic mass is 10.2. The topological polar surface area (TPSA) is 39.9 Å². The van der Waals surface area contributed by atoms with E-state index >= 15 is 0 Å². The molecular weight excluding hydrogens is 270 g/mol. The number of fused-ring (bicyclic) bond motifs is 1. The molecule has 0 aliphatic carbocycles. The molecule has 0 unspecified atom stereocenters. The predicted octanol–water partition coefficient (Wildman–Crippen LogP) is 3.81. The molecule has 1 aromatic carbocycles. The third kappa shape index (κ3) is 2.08. The highest BCUT2D eigenvalue weighted by atomic mass is 32.1. The van der Waals surface area contributed by atoms with E-state index in [-0.39, 0.29) is 0 Å². The number of aryl methyl sites for hydroxylation is 3. The molecule has 104 valence electrons. The lowest BCUT2D eigenvalue weighted by Crippen LogP contribution is -1.98. The molecule has 0 radical (unpaired) electrons. The Morgan fingerprint density at radius 2 is 2.05 bits per heavy atom. The highest BCUT2D eigenvalue weighted by molar-refractivity contribution is 7.21. The van der Waals surface area contributed by atoms with Crippen molar-refractivity contribution in [1.29, 1.82) is 0 Å². The number of nitrogens with zero attached hydrogens (tertiary/aromatic N) is 3. The number of rotatable bonds is 3. The second-order valence-electron chi connectivity index (χ2n) is 4.83. The van der Waals surface area contributed by atoms with Crippen molar-refractivity contribution < 1.29 is 4.74 Å². The molecule has 3 aromatic rings. The van der Waals surface area contributed by atoms with Crippen LogP contribution in [0.25, 0.3) is 15.3 Å². The van der Waals surface area contributed by atoms with Gasteiger partial charge in [-0.3, -0.25) is 0 Å². The van der Waals surface area contributed by atoms with Gasteiger partial charge in [-0.15, -0.1) is 0 Å². The monoisotopic (exact) mass is 287 g/mol. The third-order valence-electron chi connectivity index (χ3n) is 3.18. The number of ether oxygens (including phenoxy) is 1. The van der Waals surface area contributed by atoms with E-state index in [1.54, 1.807) is 11.3 Å². The first-order valence-corrected chi connectivity index (χ1v) is 7.48. The fourth-order valence-electron chi connectivity index (χ4n) is 2.28. The fourth-order valence-corrected chi connectivity index (χ4v) is 3.35. The molecule has 0 amide bonds. The van der Waals surface area contributed by atoms with E-state index < -0.39 is 0 Å². The van der Waals surface area contributed by atoms with Crippen LogP contribution in [0.5, 0.6) is 5.75 Å². The van der Waals surface area contributed by atoms with Crippen LogP contribution in [0, 0.1) is 20.8 Å². The van der Waals surface area contributed by atoms with Crippen molar-refractivity contribution in [3.63, 3.8) is 0 Å². The molecule has 0 fully saturated rings. The highest BCUT2D eigenvalue weighted by Crippen LogP contribution is 2.34. The summed E-state index contributed by atoms with van der Waals surface area (Å²) in [6, 6.07) is 6.13. The minimum Gasteiger partial charge on any atom is -0.492 e. The van der Waals surface area contributed by atoms with Crippen LogP contribution >= 0.6 is 11.3 Å². The van der Waals surface area contributed by atoms with Gasteiger partial charge in [0.05, 0.1) is 17.0 Å². The van der Waals surface area contributed by atoms with E-state index in [2.05, 4.69) is 24.2 Å². The van der Waals surface area contributed by atoms with Crippen LogP contribution in [0.2, 0.25) is 0 Å². The minimum atomic E-state index is 0.644. The smallest absolute Gasteiger partial charge is 0.211 e.